The molecule has 0 heterocycles. The molecule has 7 nitrogen and oxygen atoms in total. The van der Waals surface area contributed by atoms with Crippen LogP contribution in [0.1, 0.15) is 17.5 Å². The van der Waals surface area contributed by atoms with E-state index in [2.05, 4.69) is 16.0 Å². The molecule has 0 unspecified atom stereocenters. The van der Waals surface area contributed by atoms with E-state index in [0.717, 1.165) is 17.4 Å². The van der Waals surface area contributed by atoms with Crippen LogP contribution in [0.3, 0.4) is 0 Å². The van der Waals surface area contributed by atoms with Gasteiger partial charge in [0.05, 0.1) is 6.73 Å². The van der Waals surface area contributed by atoms with Crippen LogP contribution in [-0.4, -0.2) is 39.9 Å². The molecule has 0 aromatic heterocycles. The first-order valence-electron chi connectivity index (χ1n) is 7.10. The van der Waals surface area contributed by atoms with Gasteiger partial charge in [0.15, 0.2) is 11.9 Å². The number of carbonyl (C=O) groups excluding carboxylic acids is 2. The third-order valence-corrected chi connectivity index (χ3v) is 3.65. The molecule has 1 aliphatic rings. The van der Waals surface area contributed by atoms with Gasteiger partial charge in [-0.25, -0.2) is 4.79 Å². The zero-order valence-electron chi connectivity index (χ0n) is 12.8. The molecule has 22 heavy (non-hydrogen) atoms. The highest BCUT2D eigenvalue weighted by Crippen LogP contribution is 2.39. The first-order valence-corrected chi connectivity index (χ1v) is 7.10. The standard InChI is InChI=1S/C15H21N3O4/c1-16-9-21-10-22-15(8-19)6-5-11-7-12(3-4-13(11)15)18-14(20)17-2/h3-4,7-8,16H,5-6,9-10H2,1-2H3,(H2,17,18,20)/t15-/m1/s1. The van der Waals surface area contributed by atoms with Gasteiger partial charge in [-0.05, 0) is 43.1 Å². The molecule has 0 aliphatic heterocycles. The molecule has 1 aliphatic carbocycles. The van der Waals surface area contributed by atoms with Crippen LogP contribution in [0.2, 0.25) is 0 Å². The van der Waals surface area contributed by atoms with Crippen LogP contribution in [0.25, 0.3) is 0 Å². The van der Waals surface area contributed by atoms with Crippen molar-refractivity contribution in [1.82, 2.24) is 10.6 Å². The summed E-state index contributed by atoms with van der Waals surface area (Å²) in [4.78, 5) is 22.9. The largest absolute Gasteiger partial charge is 0.341 e. The normalized spacial score (nSPS) is 19.5. The summed E-state index contributed by atoms with van der Waals surface area (Å²) in [5, 5.41) is 8.05. The van der Waals surface area contributed by atoms with Gasteiger partial charge in [-0.3, -0.25) is 10.1 Å². The molecule has 2 amide bonds. The molecule has 0 spiro atoms. The number of hydrogen-bond donors (Lipinski definition) is 3. The zero-order chi connectivity index (χ0) is 16.0. The smallest absolute Gasteiger partial charge is 0.318 e. The van der Waals surface area contributed by atoms with Gasteiger partial charge in [-0.2, -0.15) is 0 Å². The fourth-order valence-corrected chi connectivity index (χ4v) is 2.54. The van der Waals surface area contributed by atoms with Gasteiger partial charge in [-0.1, -0.05) is 6.07 Å². The number of rotatable bonds is 7. The number of nitrogens with one attached hydrogen (secondary N) is 3. The zero-order valence-corrected chi connectivity index (χ0v) is 12.8. The average molecular weight is 307 g/mol. The van der Waals surface area contributed by atoms with Crippen molar-refractivity contribution in [3.05, 3.63) is 29.3 Å². The van der Waals surface area contributed by atoms with Gasteiger partial charge < -0.3 is 20.1 Å². The summed E-state index contributed by atoms with van der Waals surface area (Å²) in [6, 6.07) is 5.17. The molecule has 120 valence electrons. The molecule has 1 aromatic carbocycles. The van der Waals surface area contributed by atoms with Crippen molar-refractivity contribution in [3.8, 4) is 0 Å². The Balaban J connectivity index is 2.12. The third-order valence-electron chi connectivity index (χ3n) is 3.65. The second-order valence-electron chi connectivity index (χ2n) is 5.05. The van der Waals surface area contributed by atoms with E-state index >= 15 is 0 Å². The molecular formula is C15H21N3O4. The maximum atomic E-state index is 11.6. The minimum Gasteiger partial charge on any atom is -0.341 e. The number of benzene rings is 1. The van der Waals surface area contributed by atoms with Crippen molar-refractivity contribution in [1.29, 1.82) is 0 Å². The van der Waals surface area contributed by atoms with Crippen LogP contribution in [0.5, 0.6) is 0 Å². The van der Waals surface area contributed by atoms with Gasteiger partial charge in [0.1, 0.15) is 6.79 Å². The van der Waals surface area contributed by atoms with Crippen molar-refractivity contribution in [3.63, 3.8) is 0 Å². The summed E-state index contributed by atoms with van der Waals surface area (Å²) in [6.45, 7) is 0.397. The minimum absolute atomic E-state index is 0.0390. The van der Waals surface area contributed by atoms with Gasteiger partial charge in [-0.15, -0.1) is 0 Å². The van der Waals surface area contributed by atoms with Crippen molar-refractivity contribution in [2.75, 3.05) is 32.9 Å². The number of ether oxygens (including phenoxy) is 2. The van der Waals surface area contributed by atoms with Crippen LogP contribution in [0.4, 0.5) is 10.5 Å². The summed E-state index contributed by atoms with van der Waals surface area (Å²) < 4.78 is 10.9. The fraction of sp³-hybridized carbons (Fsp3) is 0.467. The van der Waals surface area contributed by atoms with Crippen molar-refractivity contribution in [2.45, 2.75) is 18.4 Å². The maximum absolute atomic E-state index is 11.6. The average Bonchev–Trinajstić information content (AvgIpc) is 2.90. The van der Waals surface area contributed by atoms with Gasteiger partial charge in [0.25, 0.3) is 0 Å². The van der Waals surface area contributed by atoms with E-state index in [1.807, 2.05) is 12.1 Å². The molecule has 3 N–H and O–H groups in total. The van der Waals surface area contributed by atoms with Gasteiger partial charge in [0, 0.05) is 12.7 Å². The van der Waals surface area contributed by atoms with Gasteiger partial charge >= 0.3 is 6.03 Å². The number of carbonyl (C=O) groups is 2. The molecule has 0 fully saturated rings. The highest BCUT2D eigenvalue weighted by molar-refractivity contribution is 5.89. The van der Waals surface area contributed by atoms with Crippen molar-refractivity contribution >= 4 is 18.0 Å². The summed E-state index contributed by atoms with van der Waals surface area (Å²) in [7, 11) is 3.32. The fourth-order valence-electron chi connectivity index (χ4n) is 2.54. The lowest BCUT2D eigenvalue weighted by atomic mass is 9.97. The first-order chi connectivity index (χ1) is 10.6. The van der Waals surface area contributed by atoms with E-state index < -0.39 is 5.60 Å². The molecule has 0 saturated heterocycles. The number of aryl methyl sites for hydroxylation is 1. The SMILES string of the molecule is CNCOCO[C@@]1(C=O)CCc2cc(NC(=O)NC)ccc21. The lowest BCUT2D eigenvalue weighted by molar-refractivity contribution is -0.159. The Kier molecular flexibility index (Phi) is 5.48. The molecule has 0 bridgehead atoms. The molecule has 1 atom stereocenters. The van der Waals surface area contributed by atoms with E-state index in [9.17, 15) is 9.59 Å². The lowest BCUT2D eigenvalue weighted by Crippen LogP contribution is -2.30. The first kappa shape index (κ1) is 16.4. The Bertz CT molecular complexity index is 550. The molecule has 0 saturated carbocycles. The summed E-state index contributed by atoms with van der Waals surface area (Å²) in [5.74, 6) is 0. The van der Waals surface area contributed by atoms with Gasteiger partial charge in [0.2, 0.25) is 0 Å². The van der Waals surface area contributed by atoms with E-state index in [1.54, 1.807) is 20.2 Å². The van der Waals surface area contributed by atoms with Crippen molar-refractivity contribution < 1.29 is 19.1 Å². The Morgan fingerprint density at radius 2 is 2.23 bits per heavy atom. The Morgan fingerprint density at radius 3 is 2.91 bits per heavy atom. The quantitative estimate of drug-likeness (QED) is 0.396. The molecule has 0 radical (unpaired) electrons. The summed E-state index contributed by atoms with van der Waals surface area (Å²) in [6.07, 6.45) is 2.11. The van der Waals surface area contributed by atoms with E-state index in [1.165, 1.54) is 0 Å². The number of amides is 2. The Hall–Kier alpha value is -1.96. The molecular weight excluding hydrogens is 286 g/mol. The number of aldehydes is 1. The van der Waals surface area contributed by atoms with Crippen LogP contribution in [-0.2, 0) is 26.3 Å². The second-order valence-corrected chi connectivity index (χ2v) is 5.05. The van der Waals surface area contributed by atoms with E-state index in [0.29, 0.717) is 25.3 Å². The third kappa shape index (κ3) is 3.44. The number of hydrogen-bond acceptors (Lipinski definition) is 5. The monoisotopic (exact) mass is 307 g/mol. The molecule has 7 heteroatoms. The number of fused-ring (bicyclic) bond motifs is 1. The van der Waals surface area contributed by atoms with Crippen LogP contribution in [0, 0.1) is 0 Å². The Labute approximate surface area is 129 Å². The molecule has 1 aromatic rings. The maximum Gasteiger partial charge on any atom is 0.318 e. The van der Waals surface area contributed by atoms with Crippen LogP contribution < -0.4 is 16.0 Å². The summed E-state index contributed by atoms with van der Waals surface area (Å²) in [5.41, 5.74) is 1.55. The molecule has 2 rings (SSSR count). The number of urea groups is 1. The lowest BCUT2D eigenvalue weighted by Gasteiger charge is -2.24. The minimum atomic E-state index is -0.964. The van der Waals surface area contributed by atoms with E-state index in [4.69, 9.17) is 9.47 Å². The highest BCUT2D eigenvalue weighted by atomic mass is 16.7. The Morgan fingerprint density at radius 1 is 1.41 bits per heavy atom. The summed E-state index contributed by atoms with van der Waals surface area (Å²) >= 11 is 0. The number of anilines is 1. The second kappa shape index (κ2) is 7.35. The van der Waals surface area contributed by atoms with Crippen molar-refractivity contribution in [2.24, 2.45) is 0 Å². The van der Waals surface area contributed by atoms with Crippen LogP contribution >= 0.6 is 0 Å². The predicted molar refractivity (Wildman–Crippen MR) is 81.5 cm³/mol. The van der Waals surface area contributed by atoms with E-state index in [-0.39, 0.29) is 12.8 Å². The highest BCUT2D eigenvalue weighted by Gasteiger charge is 2.40. The van der Waals surface area contributed by atoms with Crippen LogP contribution in [0.15, 0.2) is 18.2 Å². The predicted octanol–water partition coefficient (Wildman–Crippen LogP) is 0.946. The topological polar surface area (TPSA) is 88.7 Å².